The van der Waals surface area contributed by atoms with Gasteiger partial charge in [0.25, 0.3) is 0 Å². The first-order chi connectivity index (χ1) is 10.6. The molecule has 0 amide bonds. The molecule has 3 N–H and O–H groups in total. The van der Waals surface area contributed by atoms with Crippen LogP contribution in [0.5, 0.6) is 5.75 Å². The molecule has 1 aliphatic rings. The number of fused-ring (bicyclic) bond motifs is 1. The zero-order chi connectivity index (χ0) is 17.7. The fraction of sp³-hybridized carbons (Fsp3) is 0.385. The molecule has 2 rings (SSSR count). The quantitative estimate of drug-likeness (QED) is 0.489. The highest BCUT2D eigenvalue weighted by Gasteiger charge is 2.41. The molecule has 0 saturated heterocycles. The smallest absolute Gasteiger partial charge is 0.475 e. The molecule has 0 radical (unpaired) electrons. The van der Waals surface area contributed by atoms with Crippen molar-refractivity contribution in [3.63, 3.8) is 0 Å². The summed E-state index contributed by atoms with van der Waals surface area (Å²) < 4.78 is 42.3. The summed E-state index contributed by atoms with van der Waals surface area (Å²) in [7, 11) is 0. The Morgan fingerprint density at radius 3 is 2.52 bits per heavy atom. The van der Waals surface area contributed by atoms with Gasteiger partial charge in [-0.15, -0.1) is 0 Å². The monoisotopic (exact) mass is 355 g/mol. The molecule has 1 unspecified atom stereocenters. The summed E-state index contributed by atoms with van der Waals surface area (Å²) in [6.45, 7) is 0.650. The van der Waals surface area contributed by atoms with E-state index in [4.69, 9.17) is 36.7 Å². The van der Waals surface area contributed by atoms with E-state index in [0.29, 0.717) is 24.5 Å². The first-order valence-electron chi connectivity index (χ1n) is 6.23. The fourth-order valence-corrected chi connectivity index (χ4v) is 2.00. The molecule has 1 atom stereocenters. The summed E-state index contributed by atoms with van der Waals surface area (Å²) in [5.74, 6) is -2.70. The summed E-state index contributed by atoms with van der Waals surface area (Å²) in [5, 5.41) is 5.98. The van der Waals surface area contributed by atoms with Gasteiger partial charge >= 0.3 is 18.1 Å². The predicted molar refractivity (Wildman–Crippen MR) is 72.9 cm³/mol. The number of aliphatic carboxylic acids is 1. The van der Waals surface area contributed by atoms with Gasteiger partial charge in [-0.3, -0.25) is 4.79 Å². The number of benzene rings is 1. The van der Waals surface area contributed by atoms with Crippen LogP contribution in [-0.4, -0.2) is 36.4 Å². The topological polar surface area (TPSA) is 98.9 Å². The summed E-state index contributed by atoms with van der Waals surface area (Å²) in [6, 6.07) is 7.07. The number of carboxylic acid groups (broad SMARTS) is 1. The average Bonchev–Trinajstić information content (AvgIpc) is 2.44. The Balaban J connectivity index is 0.000000322. The number of hydrogen-bond acceptors (Lipinski definition) is 5. The third kappa shape index (κ3) is 5.38. The number of para-hydroxylation sites is 1. The van der Waals surface area contributed by atoms with E-state index >= 15 is 0 Å². The normalized spacial score (nSPS) is 20.0. The lowest BCUT2D eigenvalue weighted by molar-refractivity contribution is -0.192. The average molecular weight is 356 g/mol. The van der Waals surface area contributed by atoms with Crippen molar-refractivity contribution < 1.29 is 37.3 Å². The number of halogens is 4. The van der Waals surface area contributed by atoms with Crippen LogP contribution in [0.25, 0.3) is 0 Å². The van der Waals surface area contributed by atoms with Crippen molar-refractivity contribution in [1.29, 1.82) is 0 Å². The molecule has 0 saturated carbocycles. The number of nitrogens with two attached hydrogens (primary N) is 1. The molecule has 1 aromatic carbocycles. The van der Waals surface area contributed by atoms with Crippen LogP contribution in [0.1, 0.15) is 12.0 Å². The van der Waals surface area contributed by atoms with Crippen LogP contribution in [0, 0.1) is 0 Å². The van der Waals surface area contributed by atoms with Crippen LogP contribution >= 0.6 is 11.6 Å². The van der Waals surface area contributed by atoms with Gasteiger partial charge in [0, 0.05) is 12.1 Å². The van der Waals surface area contributed by atoms with E-state index in [2.05, 4.69) is 0 Å². The first kappa shape index (κ1) is 19.2. The molecule has 0 bridgehead atoms. The van der Waals surface area contributed by atoms with Crippen LogP contribution in [0.15, 0.2) is 24.3 Å². The Morgan fingerprint density at radius 2 is 2.00 bits per heavy atom. The summed E-state index contributed by atoms with van der Waals surface area (Å²) >= 11 is 6.30. The lowest BCUT2D eigenvalue weighted by Gasteiger charge is -2.31. The molecule has 1 aromatic rings. The largest absolute Gasteiger partial charge is 0.490 e. The maximum atomic E-state index is 11.4. The highest BCUT2D eigenvalue weighted by atomic mass is 35.5. The second-order valence-electron chi connectivity index (χ2n) is 4.32. The number of carbonyl (C=O) groups excluding carboxylic acids is 1. The van der Waals surface area contributed by atoms with Crippen molar-refractivity contribution in [2.24, 2.45) is 5.73 Å². The van der Waals surface area contributed by atoms with Crippen LogP contribution in [0.4, 0.5) is 13.2 Å². The molecule has 0 aliphatic carbocycles. The van der Waals surface area contributed by atoms with E-state index in [1.807, 2.05) is 6.07 Å². The lowest BCUT2D eigenvalue weighted by atomic mass is 10.0. The number of alkyl halides is 4. The standard InChI is InChI=1S/C11H12ClNO3.C2HF3O2/c12-11(15-6-5-13)7-10(14)16-9-4-2-1-3-8(9)11;3-2(4,5)1(6)7/h1-4H,5-7,13H2;(H,6,7). The fourth-order valence-electron chi connectivity index (χ4n) is 1.65. The van der Waals surface area contributed by atoms with Crippen LogP contribution in [0.3, 0.4) is 0 Å². The minimum Gasteiger partial charge on any atom is -0.475 e. The number of carboxylic acids is 1. The van der Waals surface area contributed by atoms with Gasteiger partial charge in [0.15, 0.2) is 5.06 Å². The van der Waals surface area contributed by atoms with Crippen LogP contribution in [-0.2, 0) is 19.4 Å². The number of rotatable bonds is 3. The molecule has 23 heavy (non-hydrogen) atoms. The molecule has 0 aromatic heterocycles. The van der Waals surface area contributed by atoms with Crippen molar-refractivity contribution in [3.05, 3.63) is 29.8 Å². The van der Waals surface area contributed by atoms with Gasteiger partial charge in [-0.05, 0) is 6.07 Å². The maximum absolute atomic E-state index is 11.4. The highest BCUT2D eigenvalue weighted by Crippen LogP contribution is 2.43. The lowest BCUT2D eigenvalue weighted by Crippen LogP contribution is -2.35. The Kier molecular flexibility index (Phi) is 6.37. The molecule has 0 spiro atoms. The third-order valence-corrected chi connectivity index (χ3v) is 3.02. The molecule has 1 heterocycles. The van der Waals surface area contributed by atoms with Crippen molar-refractivity contribution in [2.45, 2.75) is 17.7 Å². The predicted octanol–water partition coefficient (Wildman–Crippen LogP) is 2.00. The van der Waals surface area contributed by atoms with E-state index in [-0.39, 0.29) is 6.42 Å². The Labute approximate surface area is 133 Å². The van der Waals surface area contributed by atoms with Gasteiger partial charge in [-0.1, -0.05) is 29.8 Å². The molecular weight excluding hydrogens is 343 g/mol. The van der Waals surface area contributed by atoms with Gasteiger partial charge in [0.2, 0.25) is 0 Å². The van der Waals surface area contributed by atoms with E-state index in [0.717, 1.165) is 0 Å². The zero-order valence-electron chi connectivity index (χ0n) is 11.6. The minimum absolute atomic E-state index is 0.00836. The van der Waals surface area contributed by atoms with E-state index < -0.39 is 23.2 Å². The summed E-state index contributed by atoms with van der Waals surface area (Å²) in [6.07, 6.45) is -5.09. The number of ether oxygens (including phenoxy) is 2. The highest BCUT2D eigenvalue weighted by molar-refractivity contribution is 6.24. The van der Waals surface area contributed by atoms with Gasteiger partial charge < -0.3 is 20.3 Å². The molecule has 6 nitrogen and oxygen atoms in total. The third-order valence-electron chi connectivity index (χ3n) is 2.58. The van der Waals surface area contributed by atoms with Gasteiger partial charge in [-0.25, -0.2) is 4.79 Å². The van der Waals surface area contributed by atoms with E-state index in [9.17, 15) is 18.0 Å². The number of esters is 1. The van der Waals surface area contributed by atoms with Crippen molar-refractivity contribution in [3.8, 4) is 5.75 Å². The summed E-state index contributed by atoms with van der Waals surface area (Å²) in [4.78, 5) is 20.3. The van der Waals surface area contributed by atoms with Gasteiger partial charge in [0.05, 0.1) is 13.0 Å². The molecule has 0 fully saturated rings. The number of carbonyl (C=O) groups is 2. The minimum atomic E-state index is -5.08. The van der Waals surface area contributed by atoms with Gasteiger partial charge in [-0.2, -0.15) is 13.2 Å². The van der Waals surface area contributed by atoms with Crippen LogP contribution < -0.4 is 10.5 Å². The maximum Gasteiger partial charge on any atom is 0.490 e. The Morgan fingerprint density at radius 1 is 1.43 bits per heavy atom. The van der Waals surface area contributed by atoms with E-state index in [1.54, 1.807) is 18.2 Å². The van der Waals surface area contributed by atoms with Crippen molar-refractivity contribution >= 4 is 23.5 Å². The van der Waals surface area contributed by atoms with Crippen molar-refractivity contribution in [1.82, 2.24) is 0 Å². The molecule has 1 aliphatic heterocycles. The SMILES string of the molecule is NCCOC1(Cl)CC(=O)Oc2ccccc21.O=C(O)C(F)(F)F. The second-order valence-corrected chi connectivity index (χ2v) is 4.93. The Bertz CT molecular complexity index is 581. The van der Waals surface area contributed by atoms with Crippen molar-refractivity contribution in [2.75, 3.05) is 13.2 Å². The van der Waals surface area contributed by atoms with E-state index in [1.165, 1.54) is 0 Å². The second kappa shape index (κ2) is 7.62. The number of hydrogen-bond donors (Lipinski definition) is 2. The first-order valence-corrected chi connectivity index (χ1v) is 6.61. The molecule has 128 valence electrons. The molecular formula is C13H13ClF3NO5. The van der Waals surface area contributed by atoms with Gasteiger partial charge in [0.1, 0.15) is 5.75 Å². The molecule has 10 heteroatoms. The summed E-state index contributed by atoms with van der Waals surface area (Å²) in [5.41, 5.74) is 6.03. The Hall–Kier alpha value is -1.84. The van der Waals surface area contributed by atoms with Crippen LogP contribution in [0.2, 0.25) is 0 Å². The zero-order valence-corrected chi connectivity index (χ0v) is 12.4.